The van der Waals surface area contributed by atoms with Crippen LogP contribution < -0.4 is 17.0 Å². The Kier molecular flexibility index (Phi) is 8.56. The maximum atomic E-state index is 12.2. The number of phosphoric acid groups is 2. The minimum absolute atomic E-state index is 0.140. The first kappa shape index (κ1) is 28.3. The fourth-order valence-electron chi connectivity index (χ4n) is 3.46. The van der Waals surface area contributed by atoms with Crippen LogP contribution in [0.25, 0.3) is 0 Å². The number of aliphatic hydroxyl groups is 3. The number of aliphatic hydroxyl groups excluding tert-OH is 3. The highest BCUT2D eigenvalue weighted by molar-refractivity contribution is 7.61. The van der Waals surface area contributed by atoms with Crippen LogP contribution in [0.5, 0.6) is 0 Å². The molecule has 2 aliphatic rings. The van der Waals surface area contributed by atoms with Crippen LogP contribution in [0.1, 0.15) is 25.1 Å². The molecule has 0 radical (unpaired) electrons. The van der Waals surface area contributed by atoms with Crippen molar-refractivity contribution in [1.82, 2.24) is 9.55 Å². The van der Waals surface area contributed by atoms with E-state index >= 15 is 0 Å². The Morgan fingerprint density at radius 3 is 2.49 bits per heavy atom. The third kappa shape index (κ3) is 6.72. The van der Waals surface area contributed by atoms with Crippen molar-refractivity contribution in [3.05, 3.63) is 32.6 Å². The second kappa shape index (κ2) is 10.6. The molecule has 1 aromatic rings. The quantitative estimate of drug-likeness (QED) is 0.166. The summed E-state index contributed by atoms with van der Waals surface area (Å²) in [6.45, 7) is 1.99. The molecule has 8 N–H and O–H groups in total. The van der Waals surface area contributed by atoms with E-state index in [1.807, 2.05) is 0 Å². The van der Waals surface area contributed by atoms with Crippen molar-refractivity contribution in [2.45, 2.75) is 69.3 Å². The summed E-state index contributed by atoms with van der Waals surface area (Å²) in [6, 6.07) is -1.31. The summed E-state index contributed by atoms with van der Waals surface area (Å²) < 4.78 is 49.3. The van der Waals surface area contributed by atoms with Gasteiger partial charge >= 0.3 is 21.3 Å². The molecule has 10 atom stereocenters. The number of aryl methyl sites for hydroxylation is 1. The molecule has 3 heterocycles. The van der Waals surface area contributed by atoms with Crippen LogP contribution >= 0.6 is 15.6 Å². The molecule has 0 spiro atoms. The number of phosphoric ester groups is 2. The van der Waals surface area contributed by atoms with Crippen LogP contribution in [0, 0.1) is 6.92 Å². The van der Waals surface area contributed by atoms with Crippen LogP contribution in [0.2, 0.25) is 0 Å². The second-order valence-electron chi connectivity index (χ2n) is 8.10. The molecular formula is C16H27N3O14P2. The average Bonchev–Trinajstić information content (AvgIpc) is 3.11. The van der Waals surface area contributed by atoms with Crippen LogP contribution in [-0.4, -0.2) is 84.1 Å². The molecule has 0 aromatic carbocycles. The van der Waals surface area contributed by atoms with Gasteiger partial charge in [-0.3, -0.25) is 23.4 Å². The van der Waals surface area contributed by atoms with E-state index in [0.29, 0.717) is 0 Å². The summed E-state index contributed by atoms with van der Waals surface area (Å²) in [5.41, 5.74) is 4.38. The summed E-state index contributed by atoms with van der Waals surface area (Å²) in [7, 11) is -10.7. The molecule has 2 unspecified atom stereocenters. The van der Waals surface area contributed by atoms with Gasteiger partial charge in [0, 0.05) is 18.2 Å². The minimum Gasteiger partial charge on any atom is -0.390 e. The molecule has 2 fully saturated rings. The molecule has 17 nitrogen and oxygen atoms in total. The van der Waals surface area contributed by atoms with Gasteiger partial charge < -0.3 is 40.3 Å². The van der Waals surface area contributed by atoms with Crippen LogP contribution in [-0.2, 0) is 32.0 Å². The maximum absolute atomic E-state index is 12.2. The number of ether oxygens (including phenoxy) is 2. The number of nitrogens with one attached hydrogen (secondary N) is 1. The third-order valence-corrected chi connectivity index (χ3v) is 8.00. The summed E-state index contributed by atoms with van der Waals surface area (Å²) in [4.78, 5) is 45.2. The summed E-state index contributed by atoms with van der Waals surface area (Å²) in [5, 5.41) is 29.9. The Hall–Kier alpha value is -1.30. The summed E-state index contributed by atoms with van der Waals surface area (Å²) >= 11 is 0. The van der Waals surface area contributed by atoms with Gasteiger partial charge in [0.15, 0.2) is 6.29 Å². The van der Waals surface area contributed by atoms with Gasteiger partial charge in [-0.1, -0.05) is 0 Å². The first-order chi connectivity index (χ1) is 16.1. The van der Waals surface area contributed by atoms with E-state index in [4.69, 9.17) is 15.2 Å². The Labute approximate surface area is 197 Å². The molecule has 0 bridgehead atoms. The number of rotatable bonds is 8. The van der Waals surface area contributed by atoms with Gasteiger partial charge in [-0.05, 0) is 13.8 Å². The van der Waals surface area contributed by atoms with Crippen molar-refractivity contribution in [3.8, 4) is 0 Å². The van der Waals surface area contributed by atoms with Crippen LogP contribution in [0.15, 0.2) is 15.8 Å². The largest absolute Gasteiger partial charge is 0.483 e. The van der Waals surface area contributed by atoms with E-state index < -0.39 is 82.6 Å². The highest BCUT2D eigenvalue weighted by atomic mass is 31.3. The smallest absolute Gasteiger partial charge is 0.390 e. The van der Waals surface area contributed by atoms with Gasteiger partial charge in [-0.25, -0.2) is 13.9 Å². The molecule has 0 saturated carbocycles. The number of hydrogen-bond donors (Lipinski definition) is 7. The zero-order valence-electron chi connectivity index (χ0n) is 18.4. The lowest BCUT2D eigenvalue weighted by molar-refractivity contribution is -0.240. The lowest BCUT2D eigenvalue weighted by Gasteiger charge is -2.39. The number of nitrogens with two attached hydrogens (primary N) is 1. The molecule has 1 aromatic heterocycles. The highest BCUT2D eigenvalue weighted by Crippen LogP contribution is 2.61. The van der Waals surface area contributed by atoms with Gasteiger partial charge in [-0.2, -0.15) is 4.31 Å². The van der Waals surface area contributed by atoms with E-state index in [9.17, 15) is 43.8 Å². The molecule has 3 rings (SSSR count). The van der Waals surface area contributed by atoms with Gasteiger partial charge in [0.25, 0.3) is 5.56 Å². The maximum Gasteiger partial charge on any atom is 0.483 e. The van der Waals surface area contributed by atoms with E-state index in [2.05, 4.69) is 18.3 Å². The Balaban J connectivity index is 1.59. The zero-order chi connectivity index (χ0) is 26.3. The van der Waals surface area contributed by atoms with Crippen molar-refractivity contribution >= 4 is 15.6 Å². The number of aromatic amines is 1. The Bertz CT molecular complexity index is 1130. The van der Waals surface area contributed by atoms with E-state index in [1.54, 1.807) is 0 Å². The van der Waals surface area contributed by atoms with Crippen molar-refractivity contribution in [2.24, 2.45) is 5.73 Å². The molecular weight excluding hydrogens is 520 g/mol. The highest BCUT2D eigenvalue weighted by Gasteiger charge is 2.47. The standard InChI is InChI=1S/C16H27N3O14P2/c1-6-4-19(16(24)18-14(6)23)10-3-8(20)9(31-10)5-29-34(25,26)33-35(27,28)32-15-13(22)11(17)12(21)7(2)30-15/h4,7-13,15,20-22H,3,5,17H2,1-2H3,(H,25,26)(H,27,28)(H,18,23,24)/t7-,8+,9-,10-,11+,12-,13-,15-/m1/s1. The molecule has 200 valence electrons. The van der Waals surface area contributed by atoms with Crippen molar-refractivity contribution < 1.29 is 57.1 Å². The minimum atomic E-state index is -5.39. The SMILES string of the molecule is Cc1cn([C@H]2C[C@H](O)[C@@H](COP(=O)(O)OP(=O)(O)O[C@H]3O[C@H](C)[C@@H](O)[C@H](N)[C@H]3O)O2)c(=O)[nH]c1=O. The third-order valence-electron chi connectivity index (χ3n) is 5.40. The fourth-order valence-corrected chi connectivity index (χ4v) is 5.62. The summed E-state index contributed by atoms with van der Waals surface area (Å²) in [5.74, 6) is 0. The van der Waals surface area contributed by atoms with Crippen LogP contribution in [0.3, 0.4) is 0 Å². The first-order valence-electron chi connectivity index (χ1n) is 10.2. The fraction of sp³-hybridized carbons (Fsp3) is 0.750. The van der Waals surface area contributed by atoms with E-state index in [-0.39, 0.29) is 12.0 Å². The summed E-state index contributed by atoms with van der Waals surface area (Å²) in [6.07, 6.45) is -8.48. The number of aromatic nitrogens is 2. The topological polar surface area (TPSA) is 262 Å². The molecule has 19 heteroatoms. The van der Waals surface area contributed by atoms with Crippen molar-refractivity contribution in [3.63, 3.8) is 0 Å². The molecule has 2 aliphatic heterocycles. The lowest BCUT2D eigenvalue weighted by Crippen LogP contribution is -2.60. The molecule has 35 heavy (non-hydrogen) atoms. The average molecular weight is 547 g/mol. The normalized spacial score (nSPS) is 37.0. The Morgan fingerprint density at radius 1 is 1.17 bits per heavy atom. The van der Waals surface area contributed by atoms with E-state index in [0.717, 1.165) is 4.57 Å². The van der Waals surface area contributed by atoms with Crippen molar-refractivity contribution in [2.75, 3.05) is 6.61 Å². The molecule has 0 aliphatic carbocycles. The van der Waals surface area contributed by atoms with Gasteiger partial charge in [0.05, 0.1) is 31.0 Å². The second-order valence-corrected chi connectivity index (χ2v) is 11.1. The predicted octanol–water partition coefficient (Wildman–Crippen LogP) is -2.46. The molecule has 2 saturated heterocycles. The monoisotopic (exact) mass is 547 g/mol. The molecule has 0 amide bonds. The number of nitrogens with zero attached hydrogens (tertiary/aromatic N) is 1. The first-order valence-corrected chi connectivity index (χ1v) is 13.2. The van der Waals surface area contributed by atoms with Crippen molar-refractivity contribution in [1.29, 1.82) is 0 Å². The Morgan fingerprint density at radius 2 is 1.83 bits per heavy atom. The number of hydrogen-bond acceptors (Lipinski definition) is 13. The lowest BCUT2D eigenvalue weighted by atomic mass is 9.98. The zero-order valence-corrected chi connectivity index (χ0v) is 20.2. The van der Waals surface area contributed by atoms with Gasteiger partial charge in [0.1, 0.15) is 18.4 Å². The number of H-pyrrole nitrogens is 1. The van der Waals surface area contributed by atoms with Gasteiger partial charge in [-0.15, -0.1) is 0 Å². The van der Waals surface area contributed by atoms with Gasteiger partial charge in [0.2, 0.25) is 0 Å². The predicted molar refractivity (Wildman–Crippen MR) is 113 cm³/mol. The van der Waals surface area contributed by atoms with E-state index in [1.165, 1.54) is 20.0 Å². The van der Waals surface area contributed by atoms with Crippen LogP contribution in [0.4, 0.5) is 0 Å².